The van der Waals surface area contributed by atoms with E-state index >= 15 is 0 Å². The van der Waals surface area contributed by atoms with Crippen LogP contribution in [0.4, 0.5) is 11.4 Å². The van der Waals surface area contributed by atoms with Crippen LogP contribution in [-0.4, -0.2) is 28.5 Å². The standard InChI is InChI=1S/C14H15N3O5S/c1-3-22-13(19)7-6-12(18)16-14(23)15-11-5-4-10(17(20)21)8-9(11)2/h4-8H,3H2,1-2H3,(H2,15,16,18,23). The van der Waals surface area contributed by atoms with Crippen LogP contribution < -0.4 is 10.6 Å². The number of anilines is 1. The van der Waals surface area contributed by atoms with Crippen LogP contribution in [0.3, 0.4) is 0 Å². The second kappa shape index (κ2) is 8.59. The van der Waals surface area contributed by atoms with E-state index in [0.717, 1.165) is 12.2 Å². The number of carbonyl (C=O) groups is 2. The van der Waals surface area contributed by atoms with Gasteiger partial charge in [-0.3, -0.25) is 20.2 Å². The Morgan fingerprint density at radius 2 is 2.09 bits per heavy atom. The van der Waals surface area contributed by atoms with Crippen LogP contribution in [0, 0.1) is 17.0 Å². The van der Waals surface area contributed by atoms with Gasteiger partial charge in [-0.05, 0) is 37.7 Å². The SMILES string of the molecule is CCOC(=O)C=CC(=O)NC(=S)Nc1ccc([N+](=O)[O-])cc1C. The number of esters is 1. The van der Waals surface area contributed by atoms with E-state index in [-0.39, 0.29) is 17.4 Å². The van der Waals surface area contributed by atoms with Gasteiger partial charge < -0.3 is 10.1 Å². The second-order valence-corrected chi connectivity index (χ2v) is 4.69. The van der Waals surface area contributed by atoms with Crippen molar-refractivity contribution in [2.45, 2.75) is 13.8 Å². The van der Waals surface area contributed by atoms with Crippen molar-refractivity contribution in [2.75, 3.05) is 11.9 Å². The van der Waals surface area contributed by atoms with E-state index < -0.39 is 16.8 Å². The number of nitrogens with zero attached hydrogens (tertiary/aromatic N) is 1. The second-order valence-electron chi connectivity index (χ2n) is 4.29. The molecule has 0 radical (unpaired) electrons. The normalized spacial score (nSPS) is 10.2. The number of nitrogens with one attached hydrogen (secondary N) is 2. The van der Waals surface area contributed by atoms with Crippen molar-refractivity contribution >= 4 is 40.6 Å². The summed E-state index contributed by atoms with van der Waals surface area (Å²) in [6, 6.07) is 4.19. The van der Waals surface area contributed by atoms with Crippen molar-refractivity contribution in [2.24, 2.45) is 0 Å². The van der Waals surface area contributed by atoms with Gasteiger partial charge in [-0.1, -0.05) is 0 Å². The third-order valence-electron chi connectivity index (χ3n) is 2.56. The molecule has 0 aliphatic rings. The summed E-state index contributed by atoms with van der Waals surface area (Å²) in [6.07, 6.45) is 1.98. The molecule has 0 spiro atoms. The predicted molar refractivity (Wildman–Crippen MR) is 88.0 cm³/mol. The summed E-state index contributed by atoms with van der Waals surface area (Å²) in [6.45, 7) is 3.53. The highest BCUT2D eigenvalue weighted by molar-refractivity contribution is 7.80. The number of aryl methyl sites for hydroxylation is 1. The van der Waals surface area contributed by atoms with Crippen molar-refractivity contribution in [3.63, 3.8) is 0 Å². The van der Waals surface area contributed by atoms with Gasteiger partial charge in [0.2, 0.25) is 5.91 Å². The van der Waals surface area contributed by atoms with Crippen molar-refractivity contribution in [1.29, 1.82) is 0 Å². The number of rotatable bonds is 5. The van der Waals surface area contributed by atoms with Crippen LogP contribution >= 0.6 is 12.2 Å². The van der Waals surface area contributed by atoms with Crippen molar-refractivity contribution < 1.29 is 19.2 Å². The first-order valence-electron chi connectivity index (χ1n) is 6.55. The first-order valence-corrected chi connectivity index (χ1v) is 6.96. The lowest BCUT2D eigenvalue weighted by molar-refractivity contribution is -0.384. The Kier molecular flexibility index (Phi) is 6.81. The summed E-state index contributed by atoms with van der Waals surface area (Å²) < 4.78 is 4.63. The highest BCUT2D eigenvalue weighted by Crippen LogP contribution is 2.20. The number of hydrogen-bond acceptors (Lipinski definition) is 6. The third kappa shape index (κ3) is 6.22. The van der Waals surface area contributed by atoms with Crippen LogP contribution in [0.2, 0.25) is 0 Å². The van der Waals surface area contributed by atoms with Crippen LogP contribution in [-0.2, 0) is 14.3 Å². The molecule has 0 saturated carbocycles. The highest BCUT2D eigenvalue weighted by atomic mass is 32.1. The average molecular weight is 337 g/mol. The summed E-state index contributed by atoms with van der Waals surface area (Å²) in [4.78, 5) is 32.8. The summed E-state index contributed by atoms with van der Waals surface area (Å²) in [5.41, 5.74) is 1.08. The minimum atomic E-state index is -0.632. The smallest absolute Gasteiger partial charge is 0.330 e. The van der Waals surface area contributed by atoms with Gasteiger partial charge in [0.15, 0.2) is 5.11 Å². The number of amides is 1. The molecule has 122 valence electrons. The molecule has 1 aromatic rings. The maximum Gasteiger partial charge on any atom is 0.330 e. The third-order valence-corrected chi connectivity index (χ3v) is 2.77. The number of hydrogen-bond donors (Lipinski definition) is 2. The van der Waals surface area contributed by atoms with Crippen LogP contribution in [0.1, 0.15) is 12.5 Å². The van der Waals surface area contributed by atoms with Crippen molar-refractivity contribution in [3.05, 3.63) is 46.0 Å². The van der Waals surface area contributed by atoms with Crippen molar-refractivity contribution in [3.8, 4) is 0 Å². The summed E-state index contributed by atoms with van der Waals surface area (Å²) in [5, 5.41) is 15.8. The minimum absolute atomic E-state index is 0.000428. The Hall–Kier alpha value is -2.81. The van der Waals surface area contributed by atoms with Crippen LogP contribution in [0.25, 0.3) is 0 Å². The van der Waals surface area contributed by atoms with Gasteiger partial charge in [-0.25, -0.2) is 4.79 Å². The molecular formula is C14H15N3O5S. The Balaban J connectivity index is 2.61. The number of non-ortho nitro benzene ring substituents is 1. The monoisotopic (exact) mass is 337 g/mol. The molecule has 0 unspecified atom stereocenters. The number of benzene rings is 1. The molecule has 8 nitrogen and oxygen atoms in total. The molecule has 0 atom stereocenters. The zero-order valence-corrected chi connectivity index (χ0v) is 13.3. The minimum Gasteiger partial charge on any atom is -0.463 e. The Labute approximate surface area is 137 Å². The molecule has 0 aliphatic carbocycles. The molecule has 1 amide bonds. The molecule has 0 heterocycles. The van der Waals surface area contributed by atoms with E-state index in [1.165, 1.54) is 18.2 Å². The van der Waals surface area contributed by atoms with E-state index in [2.05, 4.69) is 15.4 Å². The van der Waals surface area contributed by atoms with Gasteiger partial charge in [-0.2, -0.15) is 0 Å². The van der Waals surface area contributed by atoms with Crippen molar-refractivity contribution in [1.82, 2.24) is 5.32 Å². The van der Waals surface area contributed by atoms with Gasteiger partial charge in [0.05, 0.1) is 11.5 Å². The predicted octanol–water partition coefficient (Wildman–Crippen LogP) is 1.84. The van der Waals surface area contributed by atoms with E-state index in [1.807, 2.05) is 0 Å². The Morgan fingerprint density at radius 3 is 2.65 bits per heavy atom. The zero-order valence-electron chi connectivity index (χ0n) is 12.5. The molecule has 0 aromatic heterocycles. The first-order chi connectivity index (χ1) is 10.8. The van der Waals surface area contributed by atoms with E-state index in [1.54, 1.807) is 13.8 Å². The Morgan fingerprint density at radius 1 is 1.39 bits per heavy atom. The van der Waals surface area contributed by atoms with Crippen LogP contribution in [0.5, 0.6) is 0 Å². The van der Waals surface area contributed by atoms with E-state index in [4.69, 9.17) is 12.2 Å². The zero-order chi connectivity index (χ0) is 17.4. The molecule has 23 heavy (non-hydrogen) atoms. The van der Waals surface area contributed by atoms with E-state index in [0.29, 0.717) is 11.3 Å². The maximum absolute atomic E-state index is 11.6. The lowest BCUT2D eigenvalue weighted by atomic mass is 10.2. The largest absolute Gasteiger partial charge is 0.463 e. The molecule has 1 rings (SSSR count). The lowest BCUT2D eigenvalue weighted by Gasteiger charge is -2.10. The summed E-state index contributed by atoms with van der Waals surface area (Å²) in [7, 11) is 0. The number of thiocarbonyl (C=S) groups is 1. The molecule has 0 bridgehead atoms. The first kappa shape index (κ1) is 18.2. The van der Waals surface area contributed by atoms with Gasteiger partial charge in [0.25, 0.3) is 5.69 Å². The molecule has 0 aliphatic heterocycles. The van der Waals surface area contributed by atoms with Gasteiger partial charge in [0, 0.05) is 30.0 Å². The molecule has 0 fully saturated rings. The van der Waals surface area contributed by atoms with Crippen LogP contribution in [0.15, 0.2) is 30.4 Å². The Bertz CT molecular complexity index is 672. The topological polar surface area (TPSA) is 111 Å². The number of ether oxygens (including phenoxy) is 1. The molecule has 2 N–H and O–H groups in total. The fourth-order valence-corrected chi connectivity index (χ4v) is 1.75. The molecule has 1 aromatic carbocycles. The van der Waals surface area contributed by atoms with Gasteiger partial charge in [0.1, 0.15) is 0 Å². The quantitative estimate of drug-likeness (QED) is 0.277. The number of nitro groups is 1. The fourth-order valence-electron chi connectivity index (χ4n) is 1.54. The highest BCUT2D eigenvalue weighted by Gasteiger charge is 2.09. The molecular weight excluding hydrogens is 322 g/mol. The summed E-state index contributed by atoms with van der Waals surface area (Å²) >= 11 is 4.96. The fraction of sp³-hybridized carbons (Fsp3) is 0.214. The maximum atomic E-state index is 11.6. The summed E-state index contributed by atoms with van der Waals surface area (Å²) in [5.74, 6) is -1.23. The van der Waals surface area contributed by atoms with E-state index in [9.17, 15) is 19.7 Å². The van der Waals surface area contributed by atoms with Gasteiger partial charge in [-0.15, -0.1) is 0 Å². The number of nitro benzene ring substituents is 1. The lowest BCUT2D eigenvalue weighted by Crippen LogP contribution is -2.33. The van der Waals surface area contributed by atoms with Gasteiger partial charge >= 0.3 is 5.97 Å². The molecule has 0 saturated heterocycles. The number of carbonyl (C=O) groups excluding carboxylic acids is 2. The molecule has 9 heteroatoms. The average Bonchev–Trinajstić information content (AvgIpc) is 2.47.